The number of rotatable bonds is 13. The third-order valence-corrected chi connectivity index (χ3v) is 13.7. The second-order valence-corrected chi connectivity index (χ2v) is 16.8. The highest BCUT2D eigenvalue weighted by atomic mass is 32.2. The van der Waals surface area contributed by atoms with Crippen LogP contribution in [-0.4, -0.2) is 67.5 Å². The average molecular weight is 724 g/mol. The number of hydrogen-bond acceptors (Lipinski definition) is 6. The van der Waals surface area contributed by atoms with Gasteiger partial charge in [0.2, 0.25) is 15.7 Å². The number of nitrogens with one attached hydrogen (secondary N) is 1. The molecule has 1 aromatic heterocycles. The number of aryl methyl sites for hydroxylation is 1. The Kier molecular flexibility index (Phi) is 10.7. The van der Waals surface area contributed by atoms with Crippen molar-refractivity contribution >= 4 is 21.4 Å². The molecule has 2 aliphatic heterocycles. The van der Waals surface area contributed by atoms with E-state index in [1.165, 1.54) is 12.1 Å². The minimum Gasteiger partial charge on any atom is -0.371 e. The molecule has 1 amide bonds. The molecule has 3 atom stereocenters. The van der Waals surface area contributed by atoms with Crippen molar-refractivity contribution in [2.75, 3.05) is 37.6 Å². The van der Waals surface area contributed by atoms with Crippen LogP contribution >= 0.6 is 0 Å². The fourth-order valence-corrected chi connectivity index (χ4v) is 10.7. The summed E-state index contributed by atoms with van der Waals surface area (Å²) in [6.07, 6.45) is 10.9. The van der Waals surface area contributed by atoms with Gasteiger partial charge in [-0.2, -0.15) is 0 Å². The van der Waals surface area contributed by atoms with Gasteiger partial charge in [0.25, 0.3) is 0 Å². The van der Waals surface area contributed by atoms with Crippen molar-refractivity contribution in [3.8, 4) is 0 Å². The molecular weight excluding hydrogens is 674 g/mol. The predicted molar refractivity (Wildman–Crippen MR) is 202 cm³/mol. The molecule has 3 fully saturated rings. The highest BCUT2D eigenvalue weighted by Crippen LogP contribution is 2.52. The number of carbonyl (C=O) groups excluding carboxylic acids is 1. The van der Waals surface area contributed by atoms with Gasteiger partial charge in [-0.05, 0) is 111 Å². The number of nitrogens with zero attached hydrogens (tertiary/aromatic N) is 4. The van der Waals surface area contributed by atoms with Crippen molar-refractivity contribution in [2.45, 2.75) is 73.2 Å². The maximum absolute atomic E-state index is 15.1. The minimum absolute atomic E-state index is 0.0196. The van der Waals surface area contributed by atoms with E-state index in [-0.39, 0.29) is 29.6 Å². The summed E-state index contributed by atoms with van der Waals surface area (Å²) in [5.41, 5.74) is 1.66. The molecule has 2 saturated heterocycles. The molecule has 0 spiro atoms. The van der Waals surface area contributed by atoms with Gasteiger partial charge in [-0.25, -0.2) is 17.8 Å². The van der Waals surface area contributed by atoms with Gasteiger partial charge >= 0.3 is 0 Å². The number of aromatic nitrogens is 2. The predicted octanol–water partition coefficient (Wildman–Crippen LogP) is 6.67. The molecule has 4 aromatic rings. The number of sulfone groups is 1. The van der Waals surface area contributed by atoms with E-state index in [0.717, 1.165) is 88.3 Å². The number of hydrogen-bond donors (Lipinski definition) is 1. The zero-order valence-corrected chi connectivity index (χ0v) is 30.9. The van der Waals surface area contributed by atoms with E-state index in [1.807, 2.05) is 30.5 Å². The summed E-state index contributed by atoms with van der Waals surface area (Å²) in [5, 5.41) is 3.28. The number of imidazole rings is 1. The van der Waals surface area contributed by atoms with Crippen molar-refractivity contribution in [3.05, 3.63) is 121 Å². The van der Waals surface area contributed by atoms with Crippen LogP contribution in [0.3, 0.4) is 0 Å². The topological polar surface area (TPSA) is 87.5 Å². The van der Waals surface area contributed by atoms with Gasteiger partial charge in [-0.15, -0.1) is 0 Å². The lowest BCUT2D eigenvalue weighted by Crippen LogP contribution is -2.56. The van der Waals surface area contributed by atoms with Crippen molar-refractivity contribution < 1.29 is 17.6 Å². The van der Waals surface area contributed by atoms with Crippen molar-refractivity contribution in [1.29, 1.82) is 0 Å². The first kappa shape index (κ1) is 36.1. The minimum atomic E-state index is -3.54. The first-order chi connectivity index (χ1) is 25.2. The second-order valence-electron chi connectivity index (χ2n) is 14.9. The van der Waals surface area contributed by atoms with Crippen LogP contribution < -0.4 is 10.2 Å². The van der Waals surface area contributed by atoms with E-state index < -0.39 is 15.3 Å². The van der Waals surface area contributed by atoms with Gasteiger partial charge in [-0.3, -0.25) is 4.79 Å². The highest BCUT2D eigenvalue weighted by molar-refractivity contribution is 7.91. The summed E-state index contributed by atoms with van der Waals surface area (Å²) < 4.78 is 43.5. The standard InChI is InChI=1S/C42H50FN5O3S/c1-3-40-44-22-25-47(40)30-42(33-10-8-11-34(43)26-33,38-14-9-15-39(38)45-41(49)4-2)32-20-23-46(24-21-32)27-31-28-48(29-31)35-16-18-37(19-17-35)52(50,51)36-12-6-5-7-13-36/h4-8,10-13,16-19,22,25-26,31-32,38-39H,2-3,9,14-15,20-21,23-24,27-30H2,1H3,(H,45,49)/t38-,39-,42-/m0/s1. The van der Waals surface area contributed by atoms with Gasteiger partial charge in [0.1, 0.15) is 11.6 Å². The molecule has 8 nitrogen and oxygen atoms in total. The highest BCUT2D eigenvalue weighted by Gasteiger charge is 2.52. The third kappa shape index (κ3) is 7.20. The normalized spacial score (nSPS) is 21.4. The molecule has 3 aliphatic rings. The smallest absolute Gasteiger partial charge is 0.243 e. The Labute approximate surface area is 307 Å². The van der Waals surface area contributed by atoms with Crippen LogP contribution in [0.2, 0.25) is 0 Å². The fourth-order valence-electron chi connectivity index (χ4n) is 9.40. The Hall–Kier alpha value is -4.28. The number of carbonyl (C=O) groups is 1. The number of benzene rings is 3. The van der Waals surface area contributed by atoms with E-state index in [2.05, 4.69) is 50.4 Å². The molecule has 3 aromatic carbocycles. The SMILES string of the molecule is C=CC(=O)N[C@H]1CCC[C@@H]1[C@](Cn1ccnc1CC)(c1cccc(F)c1)C1CCN(CC2CN(c3ccc(S(=O)(=O)c4ccccc4)cc3)C2)CC1. The number of halogens is 1. The van der Waals surface area contributed by atoms with Crippen LogP contribution in [0.25, 0.3) is 0 Å². The van der Waals surface area contributed by atoms with Crippen LogP contribution in [0, 0.1) is 23.6 Å². The van der Waals surface area contributed by atoms with Gasteiger partial charge in [0, 0.05) is 68.1 Å². The zero-order valence-electron chi connectivity index (χ0n) is 30.0. The summed E-state index contributed by atoms with van der Waals surface area (Å²) in [4.78, 5) is 22.9. The number of piperidine rings is 1. The summed E-state index contributed by atoms with van der Waals surface area (Å²) >= 11 is 0. The molecule has 3 heterocycles. The van der Waals surface area contributed by atoms with E-state index in [1.54, 1.807) is 42.5 Å². The van der Waals surface area contributed by atoms with Crippen LogP contribution in [0.1, 0.15) is 50.4 Å². The van der Waals surface area contributed by atoms with Crippen molar-refractivity contribution in [3.63, 3.8) is 0 Å². The Bertz CT molecular complexity index is 1950. The third-order valence-electron chi connectivity index (χ3n) is 12.0. The molecule has 0 radical (unpaired) electrons. The van der Waals surface area contributed by atoms with E-state index in [0.29, 0.717) is 22.3 Å². The number of likely N-dealkylation sites (tertiary alicyclic amines) is 1. The largest absolute Gasteiger partial charge is 0.371 e. The Morgan fingerprint density at radius 3 is 2.40 bits per heavy atom. The summed E-state index contributed by atoms with van der Waals surface area (Å²) in [6.45, 7) is 11.3. The van der Waals surface area contributed by atoms with E-state index in [9.17, 15) is 13.2 Å². The molecule has 1 N–H and O–H groups in total. The van der Waals surface area contributed by atoms with Crippen molar-refractivity contribution in [1.82, 2.24) is 19.8 Å². The molecular formula is C42H50FN5O3S. The Morgan fingerprint density at radius 1 is 0.981 bits per heavy atom. The van der Waals surface area contributed by atoms with Crippen LogP contribution in [0.4, 0.5) is 10.1 Å². The molecule has 52 heavy (non-hydrogen) atoms. The average Bonchev–Trinajstić information content (AvgIpc) is 3.82. The second kappa shape index (κ2) is 15.4. The Morgan fingerprint density at radius 2 is 1.71 bits per heavy atom. The fraction of sp³-hybridized carbons (Fsp3) is 0.429. The number of amides is 1. The number of anilines is 1. The summed E-state index contributed by atoms with van der Waals surface area (Å²) in [7, 11) is -3.54. The van der Waals surface area contributed by atoms with Gasteiger partial charge < -0.3 is 19.7 Å². The first-order valence-electron chi connectivity index (χ1n) is 18.8. The zero-order chi connectivity index (χ0) is 36.3. The van der Waals surface area contributed by atoms with Crippen LogP contribution in [0.15, 0.2) is 114 Å². The molecule has 0 unspecified atom stereocenters. The molecule has 1 aliphatic carbocycles. The lowest BCUT2D eigenvalue weighted by molar-refractivity contribution is -0.117. The first-order valence-corrected chi connectivity index (χ1v) is 20.3. The van der Waals surface area contributed by atoms with E-state index in [4.69, 9.17) is 0 Å². The molecule has 7 rings (SSSR count). The van der Waals surface area contributed by atoms with E-state index >= 15 is 4.39 Å². The van der Waals surface area contributed by atoms with Crippen LogP contribution in [0.5, 0.6) is 0 Å². The van der Waals surface area contributed by atoms with Crippen LogP contribution in [-0.2, 0) is 33.0 Å². The van der Waals surface area contributed by atoms with Gasteiger partial charge in [0.15, 0.2) is 0 Å². The monoisotopic (exact) mass is 723 g/mol. The maximum atomic E-state index is 15.1. The molecule has 274 valence electrons. The molecule has 0 bridgehead atoms. The van der Waals surface area contributed by atoms with Gasteiger partial charge in [0.05, 0.1) is 9.79 Å². The maximum Gasteiger partial charge on any atom is 0.243 e. The van der Waals surface area contributed by atoms with Crippen molar-refractivity contribution in [2.24, 2.45) is 17.8 Å². The quantitative estimate of drug-likeness (QED) is 0.155. The Balaban J connectivity index is 1.06. The lowest BCUT2D eigenvalue weighted by atomic mass is 9.58. The summed E-state index contributed by atoms with van der Waals surface area (Å²) in [6, 6.07) is 23.0. The molecule has 1 saturated carbocycles. The van der Waals surface area contributed by atoms with Gasteiger partial charge in [-0.1, -0.05) is 50.3 Å². The molecule has 10 heteroatoms. The summed E-state index contributed by atoms with van der Waals surface area (Å²) in [5.74, 6) is 1.59. The lowest BCUT2D eigenvalue weighted by Gasteiger charge is -2.51.